The van der Waals surface area contributed by atoms with Crippen LogP contribution in [0.2, 0.25) is 0 Å². The first-order chi connectivity index (χ1) is 13.4. The molecule has 0 bridgehead atoms. The first kappa shape index (κ1) is 19.3. The number of hydrogen-bond acceptors (Lipinski definition) is 7. The van der Waals surface area contributed by atoms with E-state index in [4.69, 9.17) is 14.7 Å². The Morgan fingerprint density at radius 1 is 1.29 bits per heavy atom. The average Bonchev–Trinajstić information content (AvgIpc) is 3.48. The number of rotatable bonds is 7. The Bertz CT molecular complexity index is 930. The maximum atomic E-state index is 12.3. The van der Waals surface area contributed by atoms with Gasteiger partial charge in [-0.25, -0.2) is 5.48 Å². The molecule has 146 valence electrons. The van der Waals surface area contributed by atoms with Crippen LogP contribution in [-0.4, -0.2) is 29.1 Å². The lowest BCUT2D eigenvalue weighted by molar-refractivity contribution is -0.384. The second kappa shape index (κ2) is 7.65. The third kappa shape index (κ3) is 3.52. The Morgan fingerprint density at radius 3 is 2.71 bits per heavy atom. The summed E-state index contributed by atoms with van der Waals surface area (Å²) in [4.78, 5) is 34.5. The van der Waals surface area contributed by atoms with Crippen LogP contribution < -0.4 is 10.2 Å². The Kier molecular flexibility index (Phi) is 5.27. The lowest BCUT2D eigenvalue weighted by atomic mass is 9.92. The van der Waals surface area contributed by atoms with Crippen LogP contribution in [0.3, 0.4) is 0 Å². The van der Waals surface area contributed by atoms with Gasteiger partial charge in [-0.15, -0.1) is 0 Å². The van der Waals surface area contributed by atoms with Gasteiger partial charge in [-0.1, -0.05) is 24.3 Å². The highest BCUT2D eigenvalue weighted by Gasteiger charge is 2.65. The summed E-state index contributed by atoms with van der Waals surface area (Å²) in [6.07, 6.45) is 0.209. The van der Waals surface area contributed by atoms with E-state index in [2.05, 4.69) is 0 Å². The van der Waals surface area contributed by atoms with Crippen LogP contribution in [0.25, 0.3) is 0 Å². The zero-order chi connectivity index (χ0) is 20.3. The molecule has 9 heteroatoms. The molecule has 0 heterocycles. The summed E-state index contributed by atoms with van der Waals surface area (Å²) < 4.78 is 10.6. The minimum atomic E-state index is -1.17. The number of nitro benzene ring substituents is 1. The monoisotopic (exact) mass is 386 g/mol. The number of nitro groups is 1. The highest BCUT2D eigenvalue weighted by atomic mass is 16.6. The number of non-ortho nitro benzene ring substituents is 1. The molecule has 2 aromatic rings. The maximum absolute atomic E-state index is 12.3. The molecule has 2 aromatic carbocycles. The number of carbonyl (C=O) groups excluding carboxylic acids is 2. The molecule has 1 amide bonds. The number of ether oxygens (including phenoxy) is 2. The molecule has 1 fully saturated rings. The molecule has 0 spiro atoms. The van der Waals surface area contributed by atoms with Crippen molar-refractivity contribution in [1.82, 2.24) is 5.48 Å². The standard InChI is InChI=1S/C19H18N2O7/c1-27-18(23)19(10-16(19)17(22)20-24)13-5-3-7-15(9-13)28-11-12-4-2-6-14(8-12)21(25)26/h2-9,16,24H,10-11H2,1H3,(H,20,22). The first-order valence-corrected chi connectivity index (χ1v) is 8.41. The van der Waals surface area contributed by atoms with Gasteiger partial charge >= 0.3 is 5.97 Å². The molecule has 1 saturated carbocycles. The average molecular weight is 386 g/mol. The lowest BCUT2D eigenvalue weighted by Crippen LogP contribution is -2.31. The van der Waals surface area contributed by atoms with Gasteiger partial charge in [-0.05, 0) is 29.7 Å². The van der Waals surface area contributed by atoms with Crippen molar-refractivity contribution >= 4 is 17.6 Å². The molecule has 0 aliphatic heterocycles. The van der Waals surface area contributed by atoms with Crippen molar-refractivity contribution in [3.05, 3.63) is 69.8 Å². The number of nitrogens with one attached hydrogen (secondary N) is 1. The van der Waals surface area contributed by atoms with E-state index >= 15 is 0 Å². The molecule has 3 rings (SSSR count). The van der Waals surface area contributed by atoms with Gasteiger partial charge < -0.3 is 9.47 Å². The van der Waals surface area contributed by atoms with Gasteiger partial charge in [0.2, 0.25) is 5.91 Å². The molecule has 9 nitrogen and oxygen atoms in total. The van der Waals surface area contributed by atoms with Crippen LogP contribution in [0.1, 0.15) is 17.5 Å². The van der Waals surface area contributed by atoms with Crippen LogP contribution in [0, 0.1) is 16.0 Å². The second-order valence-electron chi connectivity index (χ2n) is 6.44. The van der Waals surface area contributed by atoms with Crippen molar-refractivity contribution < 1.29 is 29.2 Å². The summed E-state index contributed by atoms with van der Waals surface area (Å²) in [5.41, 5.74) is 1.52. The van der Waals surface area contributed by atoms with E-state index in [0.29, 0.717) is 16.9 Å². The number of nitrogens with zero attached hydrogens (tertiary/aromatic N) is 1. The third-order valence-corrected chi connectivity index (χ3v) is 4.81. The largest absolute Gasteiger partial charge is 0.489 e. The summed E-state index contributed by atoms with van der Waals surface area (Å²) >= 11 is 0. The third-order valence-electron chi connectivity index (χ3n) is 4.81. The minimum absolute atomic E-state index is 0.0321. The number of esters is 1. The van der Waals surface area contributed by atoms with E-state index in [1.807, 2.05) is 0 Å². The van der Waals surface area contributed by atoms with Gasteiger partial charge in [0, 0.05) is 12.1 Å². The zero-order valence-electron chi connectivity index (χ0n) is 15.0. The molecule has 0 aromatic heterocycles. The number of amides is 1. The van der Waals surface area contributed by atoms with E-state index in [1.165, 1.54) is 19.2 Å². The smallest absolute Gasteiger partial charge is 0.317 e. The number of hydroxylamine groups is 1. The van der Waals surface area contributed by atoms with Crippen LogP contribution in [0.5, 0.6) is 5.75 Å². The summed E-state index contributed by atoms with van der Waals surface area (Å²) in [5.74, 6) is -1.54. The molecule has 1 aliphatic rings. The quantitative estimate of drug-likeness (QED) is 0.323. The fraction of sp³-hybridized carbons (Fsp3) is 0.263. The van der Waals surface area contributed by atoms with Crippen molar-refractivity contribution in [3.63, 3.8) is 0 Å². The Hall–Kier alpha value is -3.46. The maximum Gasteiger partial charge on any atom is 0.317 e. The van der Waals surface area contributed by atoms with Crippen LogP contribution in [0.4, 0.5) is 5.69 Å². The second-order valence-corrected chi connectivity index (χ2v) is 6.44. The highest BCUT2D eigenvalue weighted by Crippen LogP contribution is 2.55. The lowest BCUT2D eigenvalue weighted by Gasteiger charge is -2.16. The van der Waals surface area contributed by atoms with Gasteiger partial charge in [-0.3, -0.25) is 24.9 Å². The molecule has 2 unspecified atom stereocenters. The normalized spacial score (nSPS) is 20.1. The first-order valence-electron chi connectivity index (χ1n) is 8.41. The number of benzene rings is 2. The predicted molar refractivity (Wildman–Crippen MR) is 95.6 cm³/mol. The van der Waals surface area contributed by atoms with Crippen molar-refractivity contribution in [2.75, 3.05) is 7.11 Å². The summed E-state index contributed by atoms with van der Waals surface area (Å²) in [7, 11) is 1.24. The van der Waals surface area contributed by atoms with Gasteiger partial charge in [-0.2, -0.15) is 0 Å². The highest BCUT2D eigenvalue weighted by molar-refractivity contribution is 5.97. The Balaban J connectivity index is 1.80. The number of carbonyl (C=O) groups is 2. The van der Waals surface area contributed by atoms with Crippen LogP contribution in [-0.2, 0) is 26.3 Å². The van der Waals surface area contributed by atoms with Crippen LogP contribution in [0.15, 0.2) is 48.5 Å². The van der Waals surface area contributed by atoms with Crippen molar-refractivity contribution in [2.45, 2.75) is 18.4 Å². The molecular formula is C19H18N2O7. The van der Waals surface area contributed by atoms with Gasteiger partial charge in [0.15, 0.2) is 0 Å². The predicted octanol–water partition coefficient (Wildman–Crippen LogP) is 2.11. The minimum Gasteiger partial charge on any atom is -0.489 e. The molecule has 2 N–H and O–H groups in total. The van der Waals surface area contributed by atoms with Crippen LogP contribution >= 0.6 is 0 Å². The fourth-order valence-corrected chi connectivity index (χ4v) is 3.29. The molecule has 0 radical (unpaired) electrons. The van der Waals surface area contributed by atoms with E-state index in [9.17, 15) is 19.7 Å². The van der Waals surface area contributed by atoms with E-state index in [1.54, 1.807) is 41.9 Å². The number of hydrogen-bond donors (Lipinski definition) is 2. The van der Waals surface area contributed by atoms with Gasteiger partial charge in [0.05, 0.1) is 18.0 Å². The SMILES string of the molecule is COC(=O)C1(c2cccc(OCc3cccc([N+](=O)[O-])c3)c2)CC1C(=O)NO. The van der Waals surface area contributed by atoms with E-state index in [0.717, 1.165) is 0 Å². The molecule has 1 aliphatic carbocycles. The molecule has 2 atom stereocenters. The van der Waals surface area contributed by atoms with Gasteiger partial charge in [0.1, 0.15) is 17.8 Å². The van der Waals surface area contributed by atoms with Crippen molar-refractivity contribution in [1.29, 1.82) is 0 Å². The van der Waals surface area contributed by atoms with Gasteiger partial charge in [0.25, 0.3) is 5.69 Å². The molecular weight excluding hydrogens is 368 g/mol. The topological polar surface area (TPSA) is 128 Å². The van der Waals surface area contributed by atoms with Crippen molar-refractivity contribution in [2.24, 2.45) is 5.92 Å². The summed E-state index contributed by atoms with van der Waals surface area (Å²) in [6, 6.07) is 12.7. The Labute approximate surface area is 160 Å². The zero-order valence-corrected chi connectivity index (χ0v) is 15.0. The fourth-order valence-electron chi connectivity index (χ4n) is 3.29. The summed E-state index contributed by atoms with van der Waals surface area (Å²) in [6.45, 7) is 0.0942. The van der Waals surface area contributed by atoms with E-state index < -0.39 is 28.1 Å². The number of methoxy groups -OCH3 is 1. The molecule has 28 heavy (non-hydrogen) atoms. The van der Waals surface area contributed by atoms with Crippen molar-refractivity contribution in [3.8, 4) is 5.75 Å². The Morgan fingerprint density at radius 2 is 2.04 bits per heavy atom. The summed E-state index contributed by atoms with van der Waals surface area (Å²) in [5, 5.41) is 19.7. The van der Waals surface area contributed by atoms with E-state index in [-0.39, 0.29) is 18.7 Å². The molecule has 0 saturated heterocycles.